The molecule has 2 aromatic rings. The predicted molar refractivity (Wildman–Crippen MR) is 131 cm³/mol. The normalized spacial score (nSPS) is 14.4. The van der Waals surface area contributed by atoms with Crippen molar-refractivity contribution in [3.05, 3.63) is 56.9 Å². The van der Waals surface area contributed by atoms with E-state index in [1.165, 1.54) is 6.08 Å². The highest BCUT2D eigenvalue weighted by Crippen LogP contribution is 2.38. The highest BCUT2D eigenvalue weighted by atomic mass is 79.9. The highest BCUT2D eigenvalue weighted by Gasteiger charge is 2.36. The van der Waals surface area contributed by atoms with Crippen LogP contribution in [0, 0.1) is 6.92 Å². The summed E-state index contributed by atoms with van der Waals surface area (Å²) in [6.07, 6.45) is 1.47. The molecule has 1 heterocycles. The van der Waals surface area contributed by atoms with Crippen molar-refractivity contribution in [1.82, 2.24) is 4.90 Å². The molecular weight excluding hydrogens is 528 g/mol. The number of hydrogen-bond acceptors (Lipinski definition) is 7. The van der Waals surface area contributed by atoms with E-state index >= 15 is 0 Å². The molecule has 0 spiro atoms. The zero-order chi connectivity index (χ0) is 24.8. The van der Waals surface area contributed by atoms with E-state index in [1.807, 2.05) is 19.1 Å². The average molecular weight is 549 g/mol. The van der Waals surface area contributed by atoms with Gasteiger partial charge in [-0.1, -0.05) is 33.6 Å². The van der Waals surface area contributed by atoms with Gasteiger partial charge in [0.15, 0.2) is 18.1 Å². The van der Waals surface area contributed by atoms with Crippen LogP contribution >= 0.6 is 27.7 Å². The number of imide groups is 1. The molecule has 0 unspecified atom stereocenters. The van der Waals surface area contributed by atoms with Crippen LogP contribution in [0.1, 0.15) is 18.1 Å². The minimum absolute atomic E-state index is 0.0838. The summed E-state index contributed by atoms with van der Waals surface area (Å²) in [5.74, 6) is -1.67. The van der Waals surface area contributed by atoms with E-state index in [9.17, 15) is 19.2 Å². The number of carboxylic acids is 1. The molecule has 1 aliphatic rings. The number of aliphatic carboxylic acids is 1. The number of nitrogens with zero attached hydrogens (tertiary/aromatic N) is 1. The Morgan fingerprint density at radius 2 is 1.82 bits per heavy atom. The molecule has 1 aliphatic heterocycles. The predicted octanol–water partition coefficient (Wildman–Crippen LogP) is 4.29. The Balaban J connectivity index is 1.76. The van der Waals surface area contributed by atoms with Crippen LogP contribution in [0.15, 0.2) is 45.8 Å². The van der Waals surface area contributed by atoms with Crippen LogP contribution in [0.4, 0.5) is 10.5 Å². The number of hydrogen-bond donors (Lipinski definition) is 2. The number of anilines is 1. The van der Waals surface area contributed by atoms with Gasteiger partial charge in [0.05, 0.1) is 11.5 Å². The summed E-state index contributed by atoms with van der Waals surface area (Å²) in [6.45, 7) is 3.10. The lowest BCUT2D eigenvalue weighted by atomic mass is 10.1. The molecule has 1 fully saturated rings. The van der Waals surface area contributed by atoms with Gasteiger partial charge in [0.2, 0.25) is 0 Å². The molecule has 0 bridgehead atoms. The van der Waals surface area contributed by atoms with Gasteiger partial charge < -0.3 is 19.9 Å². The quantitative estimate of drug-likeness (QED) is 0.445. The Morgan fingerprint density at radius 1 is 1.15 bits per heavy atom. The number of rotatable bonds is 9. The zero-order valence-electron chi connectivity index (χ0n) is 18.3. The van der Waals surface area contributed by atoms with Crippen LogP contribution in [0.25, 0.3) is 6.08 Å². The second-order valence-corrected chi connectivity index (χ2v) is 8.97. The van der Waals surface area contributed by atoms with Gasteiger partial charge in [-0.25, -0.2) is 0 Å². The van der Waals surface area contributed by atoms with Gasteiger partial charge in [-0.05, 0) is 61.5 Å². The Labute approximate surface area is 208 Å². The molecule has 3 rings (SSSR count). The summed E-state index contributed by atoms with van der Waals surface area (Å²) in [7, 11) is 0. The number of ether oxygens (including phenoxy) is 2. The van der Waals surface area contributed by atoms with Crippen molar-refractivity contribution in [2.24, 2.45) is 0 Å². The molecule has 0 atom stereocenters. The number of halogens is 1. The van der Waals surface area contributed by atoms with Crippen LogP contribution in [-0.2, 0) is 14.4 Å². The van der Waals surface area contributed by atoms with Crippen LogP contribution in [0.5, 0.6) is 11.5 Å². The fourth-order valence-corrected chi connectivity index (χ4v) is 4.20. The second-order valence-electron chi connectivity index (χ2n) is 7.12. The van der Waals surface area contributed by atoms with Gasteiger partial charge in [-0.3, -0.25) is 24.1 Å². The summed E-state index contributed by atoms with van der Waals surface area (Å²) >= 11 is 4.06. The Hall–Kier alpha value is -3.31. The lowest BCUT2D eigenvalue weighted by Gasteiger charge is -2.14. The number of carbonyl (C=O) groups is 4. The molecule has 0 aliphatic carbocycles. The van der Waals surface area contributed by atoms with Crippen LogP contribution < -0.4 is 14.8 Å². The van der Waals surface area contributed by atoms with Crippen molar-refractivity contribution in [2.75, 3.05) is 25.1 Å². The molecule has 178 valence electrons. The van der Waals surface area contributed by atoms with Gasteiger partial charge in [0.1, 0.15) is 6.54 Å². The van der Waals surface area contributed by atoms with Gasteiger partial charge in [-0.15, -0.1) is 0 Å². The fraction of sp³-hybridized carbons (Fsp3) is 0.217. The monoisotopic (exact) mass is 548 g/mol. The lowest BCUT2D eigenvalue weighted by Crippen LogP contribution is -2.33. The van der Waals surface area contributed by atoms with Gasteiger partial charge in [0.25, 0.3) is 17.1 Å². The largest absolute Gasteiger partial charge is 0.490 e. The first kappa shape index (κ1) is 25.3. The standard InChI is InChI=1S/C23H21BrN2O7S/c1-3-32-17-8-14(9-19-22(30)26(11-21(28)29)23(31)34-19)16(24)10-18(17)33-12-20(27)25-15-6-4-13(2)5-7-15/h4-10H,3,11-12H2,1-2H3,(H,25,27)(H,28,29)/b19-9+. The summed E-state index contributed by atoms with van der Waals surface area (Å²) in [5, 5.41) is 11.0. The van der Waals surface area contributed by atoms with Crippen molar-refractivity contribution in [2.45, 2.75) is 13.8 Å². The minimum atomic E-state index is -1.28. The van der Waals surface area contributed by atoms with Gasteiger partial charge in [-0.2, -0.15) is 0 Å². The minimum Gasteiger partial charge on any atom is -0.490 e. The van der Waals surface area contributed by atoms with Crippen LogP contribution in [0.2, 0.25) is 0 Å². The maximum Gasteiger partial charge on any atom is 0.323 e. The Bertz CT molecular complexity index is 1160. The van der Waals surface area contributed by atoms with Crippen LogP contribution in [0.3, 0.4) is 0 Å². The number of amides is 3. The number of carboxylic acid groups (broad SMARTS) is 1. The van der Waals surface area contributed by atoms with Crippen molar-refractivity contribution in [1.29, 1.82) is 0 Å². The van der Waals surface area contributed by atoms with E-state index < -0.39 is 23.7 Å². The smallest absolute Gasteiger partial charge is 0.323 e. The summed E-state index contributed by atoms with van der Waals surface area (Å²) in [6, 6.07) is 10.6. The van der Waals surface area contributed by atoms with E-state index in [-0.39, 0.29) is 17.4 Å². The van der Waals surface area contributed by atoms with E-state index in [2.05, 4.69) is 21.2 Å². The Kier molecular flexibility index (Phi) is 8.35. The van der Waals surface area contributed by atoms with Gasteiger partial charge >= 0.3 is 5.97 Å². The van der Waals surface area contributed by atoms with Gasteiger partial charge in [0, 0.05) is 10.2 Å². The van der Waals surface area contributed by atoms with E-state index in [0.717, 1.165) is 5.56 Å². The summed E-state index contributed by atoms with van der Waals surface area (Å²) in [5.41, 5.74) is 2.24. The topological polar surface area (TPSA) is 122 Å². The molecule has 2 aromatic carbocycles. The number of nitrogens with one attached hydrogen (secondary N) is 1. The summed E-state index contributed by atoms with van der Waals surface area (Å²) in [4.78, 5) is 48.4. The first-order valence-corrected chi connectivity index (χ1v) is 11.7. The van der Waals surface area contributed by atoms with E-state index in [4.69, 9.17) is 14.6 Å². The zero-order valence-corrected chi connectivity index (χ0v) is 20.7. The molecular formula is C23H21BrN2O7S. The van der Waals surface area contributed by atoms with Crippen molar-refractivity contribution >= 4 is 62.5 Å². The fourth-order valence-electron chi connectivity index (χ4n) is 2.93. The first-order chi connectivity index (χ1) is 16.2. The first-order valence-electron chi connectivity index (χ1n) is 10.1. The molecule has 0 radical (unpaired) electrons. The SMILES string of the molecule is CCOc1cc(/C=C2/SC(=O)N(CC(=O)O)C2=O)c(Br)cc1OCC(=O)Nc1ccc(C)cc1. The molecule has 1 saturated heterocycles. The number of thioether (sulfide) groups is 1. The van der Waals surface area contributed by atoms with Crippen LogP contribution in [-0.4, -0.2) is 52.8 Å². The summed E-state index contributed by atoms with van der Waals surface area (Å²) < 4.78 is 11.8. The van der Waals surface area contributed by atoms with E-state index in [1.54, 1.807) is 31.2 Å². The maximum absolute atomic E-state index is 12.4. The van der Waals surface area contributed by atoms with Crippen molar-refractivity contribution in [3.63, 3.8) is 0 Å². The third-order valence-corrected chi connectivity index (χ3v) is 6.10. The average Bonchev–Trinajstić information content (AvgIpc) is 3.03. The molecule has 0 aromatic heterocycles. The lowest BCUT2D eigenvalue weighted by molar-refractivity contribution is -0.140. The second kappa shape index (κ2) is 11.2. The molecule has 34 heavy (non-hydrogen) atoms. The number of carbonyl (C=O) groups excluding carboxylic acids is 3. The number of aryl methyl sites for hydroxylation is 1. The molecule has 3 amide bonds. The maximum atomic E-state index is 12.4. The molecule has 11 heteroatoms. The highest BCUT2D eigenvalue weighted by molar-refractivity contribution is 9.10. The van der Waals surface area contributed by atoms with E-state index in [0.29, 0.717) is 50.5 Å². The molecule has 9 nitrogen and oxygen atoms in total. The third kappa shape index (κ3) is 6.39. The molecule has 0 saturated carbocycles. The molecule has 2 N–H and O–H groups in total. The Morgan fingerprint density at radius 3 is 2.47 bits per heavy atom. The number of benzene rings is 2. The van der Waals surface area contributed by atoms with Crippen molar-refractivity contribution < 1.29 is 33.8 Å². The van der Waals surface area contributed by atoms with Crippen molar-refractivity contribution in [3.8, 4) is 11.5 Å². The third-order valence-electron chi connectivity index (χ3n) is 4.51.